The summed E-state index contributed by atoms with van der Waals surface area (Å²) in [6.07, 6.45) is 2.44. The van der Waals surface area contributed by atoms with E-state index < -0.39 is 9.84 Å². The summed E-state index contributed by atoms with van der Waals surface area (Å²) in [7, 11) is -3.31. The van der Waals surface area contributed by atoms with Crippen LogP contribution in [0.4, 0.5) is 11.6 Å². The zero-order valence-electron chi connectivity index (χ0n) is 10.6. The maximum Gasteiger partial charge on any atom is 0.246 e. The maximum absolute atomic E-state index is 11.8. The quantitative estimate of drug-likeness (QED) is 0.813. The van der Waals surface area contributed by atoms with Gasteiger partial charge in [-0.15, -0.1) is 5.10 Å². The first-order valence-electron chi connectivity index (χ1n) is 5.59. The summed E-state index contributed by atoms with van der Waals surface area (Å²) in [5.74, 6) is -0.280. The monoisotopic (exact) mass is 295 g/mol. The number of anilines is 2. The van der Waals surface area contributed by atoms with Crippen LogP contribution in [0.25, 0.3) is 0 Å². The molecule has 9 heteroatoms. The summed E-state index contributed by atoms with van der Waals surface area (Å²) in [5, 5.41) is 6.36. The minimum Gasteiger partial charge on any atom is -0.367 e. The summed E-state index contributed by atoms with van der Waals surface area (Å²) in [4.78, 5) is 15.6. The number of amides is 1. The van der Waals surface area contributed by atoms with Gasteiger partial charge in [0, 0.05) is 11.9 Å². The van der Waals surface area contributed by atoms with Crippen LogP contribution >= 0.6 is 0 Å². The van der Waals surface area contributed by atoms with Gasteiger partial charge < -0.3 is 11.1 Å². The molecule has 0 aliphatic rings. The Morgan fingerprint density at radius 3 is 2.80 bits per heavy atom. The molecular formula is C11H13N5O3S. The van der Waals surface area contributed by atoms with Crippen molar-refractivity contribution in [1.82, 2.24) is 14.8 Å². The molecule has 0 saturated heterocycles. The zero-order chi connectivity index (χ0) is 14.8. The van der Waals surface area contributed by atoms with Crippen LogP contribution in [0, 0.1) is 0 Å². The number of aromatic nitrogens is 3. The molecule has 2 rings (SSSR count). The van der Waals surface area contributed by atoms with Gasteiger partial charge in [0.1, 0.15) is 12.9 Å². The summed E-state index contributed by atoms with van der Waals surface area (Å²) in [6, 6.07) is 6.01. The van der Waals surface area contributed by atoms with Crippen LogP contribution < -0.4 is 11.1 Å². The zero-order valence-corrected chi connectivity index (χ0v) is 11.5. The number of benzene rings is 1. The van der Waals surface area contributed by atoms with Crippen LogP contribution in [-0.4, -0.2) is 35.3 Å². The molecule has 1 amide bonds. The number of nitrogens with one attached hydrogen (secondary N) is 1. The Kier molecular flexibility index (Phi) is 3.70. The molecule has 0 aliphatic heterocycles. The van der Waals surface area contributed by atoms with E-state index in [4.69, 9.17) is 5.73 Å². The van der Waals surface area contributed by atoms with Crippen molar-refractivity contribution in [1.29, 1.82) is 0 Å². The molecule has 3 N–H and O–H groups in total. The molecule has 0 atom stereocenters. The molecule has 1 heterocycles. The molecule has 0 radical (unpaired) electrons. The van der Waals surface area contributed by atoms with Crippen LogP contribution in [-0.2, 0) is 21.2 Å². The second kappa shape index (κ2) is 5.29. The van der Waals surface area contributed by atoms with Crippen LogP contribution in [0.3, 0.4) is 0 Å². The van der Waals surface area contributed by atoms with E-state index in [-0.39, 0.29) is 23.3 Å². The Labute approximate surface area is 115 Å². The summed E-state index contributed by atoms with van der Waals surface area (Å²) >= 11 is 0. The molecule has 106 valence electrons. The van der Waals surface area contributed by atoms with E-state index >= 15 is 0 Å². The Hall–Kier alpha value is -2.42. The number of hydrogen-bond acceptors (Lipinski definition) is 6. The minimum atomic E-state index is -3.31. The van der Waals surface area contributed by atoms with E-state index in [9.17, 15) is 13.2 Å². The van der Waals surface area contributed by atoms with Gasteiger partial charge in [-0.25, -0.2) is 18.1 Å². The highest BCUT2D eigenvalue weighted by molar-refractivity contribution is 7.90. The molecule has 0 unspecified atom stereocenters. The van der Waals surface area contributed by atoms with E-state index in [1.807, 2.05) is 0 Å². The van der Waals surface area contributed by atoms with Crippen molar-refractivity contribution >= 4 is 27.4 Å². The van der Waals surface area contributed by atoms with Crippen molar-refractivity contribution in [2.45, 2.75) is 11.4 Å². The lowest BCUT2D eigenvalue weighted by molar-refractivity contribution is -0.116. The fourth-order valence-corrected chi connectivity index (χ4v) is 2.20. The normalized spacial score (nSPS) is 11.2. The van der Waals surface area contributed by atoms with Gasteiger partial charge in [-0.1, -0.05) is 6.07 Å². The second-order valence-electron chi connectivity index (χ2n) is 4.15. The summed E-state index contributed by atoms with van der Waals surface area (Å²) < 4.78 is 24.1. The third kappa shape index (κ3) is 3.54. The van der Waals surface area contributed by atoms with Gasteiger partial charge >= 0.3 is 0 Å². The van der Waals surface area contributed by atoms with Gasteiger partial charge in [-0.05, 0) is 18.2 Å². The van der Waals surface area contributed by atoms with Gasteiger partial charge in [0.05, 0.1) is 4.90 Å². The number of nitrogens with two attached hydrogens (primary N) is 1. The summed E-state index contributed by atoms with van der Waals surface area (Å²) in [6.45, 7) is -0.0622. The highest BCUT2D eigenvalue weighted by Gasteiger charge is 2.09. The van der Waals surface area contributed by atoms with Crippen molar-refractivity contribution < 1.29 is 13.2 Å². The lowest BCUT2D eigenvalue weighted by atomic mass is 10.3. The summed E-state index contributed by atoms with van der Waals surface area (Å²) in [5.41, 5.74) is 5.73. The molecule has 0 bridgehead atoms. The van der Waals surface area contributed by atoms with Crippen molar-refractivity contribution in [3.8, 4) is 0 Å². The van der Waals surface area contributed by atoms with Gasteiger partial charge in [0.15, 0.2) is 9.84 Å². The first-order chi connectivity index (χ1) is 9.34. The van der Waals surface area contributed by atoms with Crippen LogP contribution in [0.15, 0.2) is 35.5 Å². The molecule has 1 aromatic carbocycles. The first kappa shape index (κ1) is 14.0. The van der Waals surface area contributed by atoms with Crippen LogP contribution in [0.2, 0.25) is 0 Å². The van der Waals surface area contributed by atoms with Crippen LogP contribution in [0.5, 0.6) is 0 Å². The third-order valence-corrected chi connectivity index (χ3v) is 3.52. The Morgan fingerprint density at radius 1 is 1.45 bits per heavy atom. The SMILES string of the molecule is CS(=O)(=O)c1cccc(NC(=O)Cn2cnc(N)n2)c1. The molecule has 0 saturated carbocycles. The minimum absolute atomic E-state index is 0.0622. The predicted octanol–water partition coefficient (Wildman–Crippen LogP) is -0.0975. The number of nitrogen functional groups attached to an aromatic ring is 1. The highest BCUT2D eigenvalue weighted by Crippen LogP contribution is 2.15. The van der Waals surface area contributed by atoms with Gasteiger partial charge in [0.25, 0.3) is 0 Å². The average molecular weight is 295 g/mol. The number of sulfone groups is 1. The lowest BCUT2D eigenvalue weighted by Crippen LogP contribution is -2.19. The molecule has 8 nitrogen and oxygen atoms in total. The molecule has 0 aliphatic carbocycles. The van der Waals surface area contributed by atoms with Gasteiger partial charge in [-0.3, -0.25) is 4.79 Å². The lowest BCUT2D eigenvalue weighted by Gasteiger charge is -2.06. The van der Waals surface area contributed by atoms with E-state index in [0.717, 1.165) is 6.26 Å². The number of nitrogens with zero attached hydrogens (tertiary/aromatic N) is 3. The molecule has 0 fully saturated rings. The first-order valence-corrected chi connectivity index (χ1v) is 7.48. The van der Waals surface area contributed by atoms with Crippen molar-refractivity contribution in [2.75, 3.05) is 17.3 Å². The van der Waals surface area contributed by atoms with E-state index in [2.05, 4.69) is 15.4 Å². The number of carbonyl (C=O) groups is 1. The molecular weight excluding hydrogens is 282 g/mol. The molecule has 0 spiro atoms. The average Bonchev–Trinajstić information content (AvgIpc) is 2.73. The van der Waals surface area contributed by atoms with Crippen LogP contribution in [0.1, 0.15) is 0 Å². The van der Waals surface area contributed by atoms with Gasteiger partial charge in [-0.2, -0.15) is 0 Å². The van der Waals surface area contributed by atoms with Gasteiger partial charge in [0.2, 0.25) is 11.9 Å². The Bertz CT molecular complexity index is 738. The molecule has 20 heavy (non-hydrogen) atoms. The fourth-order valence-electron chi connectivity index (χ4n) is 1.54. The number of carbonyl (C=O) groups excluding carboxylic acids is 1. The van der Waals surface area contributed by atoms with Crippen molar-refractivity contribution in [3.05, 3.63) is 30.6 Å². The highest BCUT2D eigenvalue weighted by atomic mass is 32.2. The number of hydrogen-bond donors (Lipinski definition) is 2. The molecule has 2 aromatic rings. The number of rotatable bonds is 4. The Balaban J connectivity index is 2.08. The van der Waals surface area contributed by atoms with Crippen molar-refractivity contribution in [3.63, 3.8) is 0 Å². The van der Waals surface area contributed by atoms with E-state index in [1.165, 1.54) is 23.1 Å². The van der Waals surface area contributed by atoms with E-state index in [0.29, 0.717) is 5.69 Å². The second-order valence-corrected chi connectivity index (χ2v) is 6.16. The maximum atomic E-state index is 11.8. The predicted molar refractivity (Wildman–Crippen MR) is 72.6 cm³/mol. The Morgan fingerprint density at radius 2 is 2.20 bits per heavy atom. The van der Waals surface area contributed by atoms with Crippen molar-refractivity contribution in [2.24, 2.45) is 0 Å². The van der Waals surface area contributed by atoms with E-state index in [1.54, 1.807) is 12.1 Å². The third-order valence-electron chi connectivity index (χ3n) is 2.41. The fraction of sp³-hybridized carbons (Fsp3) is 0.182. The standard InChI is InChI=1S/C11H13N5O3S/c1-20(18,19)9-4-2-3-8(5-9)14-10(17)6-16-7-13-11(12)15-16/h2-5,7H,6H2,1H3,(H2,12,15)(H,14,17). The smallest absolute Gasteiger partial charge is 0.246 e. The largest absolute Gasteiger partial charge is 0.367 e. The topological polar surface area (TPSA) is 120 Å². The molecule has 1 aromatic heterocycles.